The zero-order valence-corrected chi connectivity index (χ0v) is 11.4. The van der Waals surface area contributed by atoms with Gasteiger partial charge in [0.25, 0.3) is 0 Å². The lowest BCUT2D eigenvalue weighted by Gasteiger charge is -2.18. The van der Waals surface area contributed by atoms with Gasteiger partial charge in [-0.1, -0.05) is 19.1 Å². The molecule has 0 fully saturated rings. The molecule has 0 saturated carbocycles. The summed E-state index contributed by atoms with van der Waals surface area (Å²) < 4.78 is 30.5. The first-order valence-electron chi connectivity index (χ1n) is 6.37. The molecule has 1 N–H and O–H groups in total. The van der Waals surface area contributed by atoms with Crippen molar-refractivity contribution in [2.45, 2.75) is 19.6 Å². The Hall–Kier alpha value is -1.95. The highest BCUT2D eigenvalue weighted by Crippen LogP contribution is 2.23. The Kier molecular flexibility index (Phi) is 4.68. The summed E-state index contributed by atoms with van der Waals surface area (Å²) in [5, 5.41) is 3.33. The number of hydrogen-bond donors (Lipinski definition) is 1. The number of nitrogens with one attached hydrogen (secondary N) is 1. The molecular weight excluding hydrogens is 264 g/mol. The van der Waals surface area contributed by atoms with Crippen LogP contribution in [0.1, 0.15) is 24.4 Å². The van der Waals surface area contributed by atoms with Crippen molar-refractivity contribution in [2.24, 2.45) is 7.05 Å². The van der Waals surface area contributed by atoms with Gasteiger partial charge in [0.2, 0.25) is 0 Å². The zero-order valence-electron chi connectivity index (χ0n) is 11.4. The van der Waals surface area contributed by atoms with Crippen LogP contribution < -0.4 is 10.1 Å². The van der Waals surface area contributed by atoms with Crippen LogP contribution in [0.5, 0.6) is 5.75 Å². The van der Waals surface area contributed by atoms with Crippen molar-refractivity contribution in [3.63, 3.8) is 0 Å². The van der Waals surface area contributed by atoms with Gasteiger partial charge in [0.05, 0.1) is 6.04 Å². The zero-order chi connectivity index (χ0) is 14.5. The van der Waals surface area contributed by atoms with Crippen molar-refractivity contribution >= 4 is 0 Å². The van der Waals surface area contributed by atoms with E-state index in [0.717, 1.165) is 17.9 Å². The maximum Gasteiger partial charge on any atom is 0.387 e. The van der Waals surface area contributed by atoms with Gasteiger partial charge < -0.3 is 14.6 Å². The summed E-state index contributed by atoms with van der Waals surface area (Å²) in [6, 6.07) is 6.52. The molecule has 0 amide bonds. The molecule has 20 heavy (non-hydrogen) atoms. The Labute approximate surface area is 116 Å². The summed E-state index contributed by atoms with van der Waals surface area (Å²) in [4.78, 5) is 4.33. The monoisotopic (exact) mass is 281 g/mol. The highest BCUT2D eigenvalue weighted by atomic mass is 19.3. The van der Waals surface area contributed by atoms with Crippen LogP contribution in [-0.2, 0) is 7.05 Å². The molecule has 0 saturated heterocycles. The highest BCUT2D eigenvalue weighted by molar-refractivity contribution is 5.32. The lowest BCUT2D eigenvalue weighted by Crippen LogP contribution is -2.24. The standard InChI is InChI=1S/C14H17F2N3O/c1-3-17-12(13-18-8-9-19(13)2)10-4-6-11(7-5-10)20-14(15)16/h4-9,12,14,17H,3H2,1-2H3. The fourth-order valence-corrected chi connectivity index (χ4v) is 2.06. The van der Waals surface area contributed by atoms with Gasteiger partial charge in [-0.15, -0.1) is 0 Å². The van der Waals surface area contributed by atoms with E-state index in [4.69, 9.17) is 0 Å². The SMILES string of the molecule is CCNC(c1ccc(OC(F)F)cc1)c1nccn1C. The lowest BCUT2D eigenvalue weighted by molar-refractivity contribution is -0.0498. The van der Waals surface area contributed by atoms with Gasteiger partial charge in [-0.3, -0.25) is 0 Å². The molecule has 1 aromatic carbocycles. The van der Waals surface area contributed by atoms with E-state index in [2.05, 4.69) is 15.0 Å². The maximum atomic E-state index is 12.1. The Bertz CT molecular complexity index is 540. The molecule has 2 rings (SSSR count). The topological polar surface area (TPSA) is 39.1 Å². The predicted octanol–water partition coefficient (Wildman–Crippen LogP) is 2.72. The van der Waals surface area contributed by atoms with Gasteiger partial charge in [-0.25, -0.2) is 4.98 Å². The molecule has 6 heteroatoms. The first-order chi connectivity index (χ1) is 9.61. The molecule has 4 nitrogen and oxygen atoms in total. The summed E-state index contributed by atoms with van der Waals surface area (Å²) in [6.07, 6.45) is 3.60. The largest absolute Gasteiger partial charge is 0.435 e. The van der Waals surface area contributed by atoms with E-state index in [9.17, 15) is 8.78 Å². The minimum atomic E-state index is -2.81. The second kappa shape index (κ2) is 6.47. The molecule has 108 valence electrons. The van der Waals surface area contributed by atoms with Gasteiger partial charge >= 0.3 is 6.61 Å². The Balaban J connectivity index is 2.24. The van der Waals surface area contributed by atoms with E-state index in [1.165, 1.54) is 12.1 Å². The van der Waals surface area contributed by atoms with Gasteiger partial charge in [0.1, 0.15) is 11.6 Å². The van der Waals surface area contributed by atoms with Crippen molar-refractivity contribution in [1.82, 2.24) is 14.9 Å². The number of aromatic nitrogens is 2. The van der Waals surface area contributed by atoms with Crippen molar-refractivity contribution < 1.29 is 13.5 Å². The van der Waals surface area contributed by atoms with Crippen LogP contribution in [0, 0.1) is 0 Å². The normalized spacial score (nSPS) is 12.7. The molecule has 1 unspecified atom stereocenters. The van der Waals surface area contributed by atoms with Gasteiger partial charge in [-0.2, -0.15) is 8.78 Å². The third-order valence-electron chi connectivity index (χ3n) is 2.96. The molecule has 1 heterocycles. The fourth-order valence-electron chi connectivity index (χ4n) is 2.06. The third kappa shape index (κ3) is 3.33. The molecule has 2 aromatic rings. The minimum absolute atomic E-state index is 0.0828. The van der Waals surface area contributed by atoms with E-state index in [1.807, 2.05) is 24.7 Å². The molecule has 1 aromatic heterocycles. The van der Waals surface area contributed by atoms with Crippen LogP contribution >= 0.6 is 0 Å². The van der Waals surface area contributed by atoms with E-state index in [1.54, 1.807) is 18.3 Å². The predicted molar refractivity (Wildman–Crippen MR) is 71.8 cm³/mol. The van der Waals surface area contributed by atoms with Crippen LogP contribution in [0.25, 0.3) is 0 Å². The second-order valence-corrected chi connectivity index (χ2v) is 4.33. The van der Waals surface area contributed by atoms with Crippen LogP contribution in [-0.4, -0.2) is 22.7 Å². The number of aryl methyl sites for hydroxylation is 1. The van der Waals surface area contributed by atoms with Crippen LogP contribution in [0.3, 0.4) is 0 Å². The molecule has 1 atom stereocenters. The Morgan fingerprint density at radius 2 is 2.00 bits per heavy atom. The first-order valence-corrected chi connectivity index (χ1v) is 6.37. The molecule has 0 radical (unpaired) electrons. The van der Waals surface area contributed by atoms with Crippen LogP contribution in [0.4, 0.5) is 8.78 Å². The molecule has 0 aliphatic rings. The molecular formula is C14H17F2N3O. The number of ether oxygens (including phenoxy) is 1. The fraction of sp³-hybridized carbons (Fsp3) is 0.357. The summed E-state index contributed by atoms with van der Waals surface area (Å²) in [5.74, 6) is 1.02. The number of hydrogen-bond acceptors (Lipinski definition) is 3. The Morgan fingerprint density at radius 1 is 1.30 bits per heavy atom. The number of benzene rings is 1. The smallest absolute Gasteiger partial charge is 0.387 e. The van der Waals surface area contributed by atoms with E-state index in [-0.39, 0.29) is 11.8 Å². The van der Waals surface area contributed by atoms with E-state index in [0.29, 0.717) is 0 Å². The van der Waals surface area contributed by atoms with E-state index >= 15 is 0 Å². The number of nitrogens with zero attached hydrogens (tertiary/aromatic N) is 2. The molecule has 0 aliphatic heterocycles. The van der Waals surface area contributed by atoms with Crippen molar-refractivity contribution in [3.8, 4) is 5.75 Å². The van der Waals surface area contributed by atoms with Crippen LogP contribution in [0.2, 0.25) is 0 Å². The first kappa shape index (κ1) is 14.5. The minimum Gasteiger partial charge on any atom is -0.435 e. The summed E-state index contributed by atoms with van der Waals surface area (Å²) >= 11 is 0. The quantitative estimate of drug-likeness (QED) is 0.885. The average molecular weight is 281 g/mol. The summed E-state index contributed by atoms with van der Waals surface area (Å²) in [5.41, 5.74) is 0.947. The average Bonchev–Trinajstić information content (AvgIpc) is 2.83. The summed E-state index contributed by atoms with van der Waals surface area (Å²) in [7, 11) is 1.92. The lowest BCUT2D eigenvalue weighted by atomic mass is 10.1. The second-order valence-electron chi connectivity index (χ2n) is 4.33. The number of rotatable bonds is 6. The van der Waals surface area contributed by atoms with Gasteiger partial charge in [0, 0.05) is 19.4 Å². The molecule has 0 bridgehead atoms. The van der Waals surface area contributed by atoms with E-state index < -0.39 is 6.61 Å². The molecule has 0 aliphatic carbocycles. The highest BCUT2D eigenvalue weighted by Gasteiger charge is 2.17. The van der Waals surface area contributed by atoms with Gasteiger partial charge in [-0.05, 0) is 24.2 Å². The number of alkyl halides is 2. The summed E-state index contributed by atoms with van der Waals surface area (Å²) in [6.45, 7) is -0.0308. The van der Waals surface area contributed by atoms with Crippen molar-refractivity contribution in [1.29, 1.82) is 0 Å². The third-order valence-corrected chi connectivity index (χ3v) is 2.96. The van der Waals surface area contributed by atoms with Crippen molar-refractivity contribution in [2.75, 3.05) is 6.54 Å². The number of imidazole rings is 1. The molecule has 0 spiro atoms. The van der Waals surface area contributed by atoms with Gasteiger partial charge in [0.15, 0.2) is 0 Å². The van der Waals surface area contributed by atoms with Crippen molar-refractivity contribution in [3.05, 3.63) is 48.0 Å². The van der Waals surface area contributed by atoms with Crippen LogP contribution in [0.15, 0.2) is 36.7 Å². The number of halogens is 2. The maximum absolute atomic E-state index is 12.1. The Morgan fingerprint density at radius 3 is 2.50 bits per heavy atom.